The SMILES string of the molecule is COC(=O)c1ccc(S(=O)(=O)N2Cc3ccccc3C[C@@H]2C(N)=O)cc1. The minimum absolute atomic E-state index is 0.0178. The molecule has 0 aromatic heterocycles. The zero-order chi connectivity index (χ0) is 18.9. The maximum Gasteiger partial charge on any atom is 0.337 e. The number of ether oxygens (including phenoxy) is 1. The van der Waals surface area contributed by atoms with Gasteiger partial charge in [0.05, 0.1) is 17.6 Å². The summed E-state index contributed by atoms with van der Waals surface area (Å²) in [6, 6.07) is 11.8. The molecule has 2 N–H and O–H groups in total. The van der Waals surface area contributed by atoms with E-state index in [2.05, 4.69) is 4.74 Å². The van der Waals surface area contributed by atoms with Gasteiger partial charge in [-0.3, -0.25) is 4.79 Å². The molecule has 0 fully saturated rings. The lowest BCUT2D eigenvalue weighted by molar-refractivity contribution is -0.122. The van der Waals surface area contributed by atoms with Crippen molar-refractivity contribution in [3.8, 4) is 0 Å². The normalized spacial score (nSPS) is 17.3. The van der Waals surface area contributed by atoms with Gasteiger partial charge >= 0.3 is 5.97 Å². The molecular formula is C18H18N2O5S. The Hall–Kier alpha value is -2.71. The van der Waals surface area contributed by atoms with Crippen LogP contribution in [0.2, 0.25) is 0 Å². The number of fused-ring (bicyclic) bond motifs is 1. The van der Waals surface area contributed by atoms with Gasteiger partial charge in [-0.1, -0.05) is 24.3 Å². The van der Waals surface area contributed by atoms with Gasteiger partial charge in [-0.2, -0.15) is 4.31 Å². The Labute approximate surface area is 151 Å². The number of methoxy groups -OCH3 is 1. The van der Waals surface area contributed by atoms with Crippen LogP contribution in [0.5, 0.6) is 0 Å². The van der Waals surface area contributed by atoms with E-state index in [0.29, 0.717) is 0 Å². The summed E-state index contributed by atoms with van der Waals surface area (Å²) in [4.78, 5) is 23.4. The van der Waals surface area contributed by atoms with Crippen molar-refractivity contribution in [2.45, 2.75) is 23.9 Å². The van der Waals surface area contributed by atoms with E-state index in [4.69, 9.17) is 5.73 Å². The van der Waals surface area contributed by atoms with Crippen LogP contribution in [0.15, 0.2) is 53.4 Å². The molecule has 1 atom stereocenters. The first-order chi connectivity index (χ1) is 12.3. The number of nitrogens with two attached hydrogens (primary N) is 1. The third-order valence-corrected chi connectivity index (χ3v) is 6.28. The second-order valence-corrected chi connectivity index (χ2v) is 7.85. The molecule has 1 aliphatic rings. The lowest BCUT2D eigenvalue weighted by Crippen LogP contribution is -2.50. The smallest absolute Gasteiger partial charge is 0.337 e. The molecule has 0 radical (unpaired) electrons. The fourth-order valence-electron chi connectivity index (χ4n) is 3.01. The van der Waals surface area contributed by atoms with Gasteiger partial charge in [0.2, 0.25) is 15.9 Å². The fraction of sp³-hybridized carbons (Fsp3) is 0.222. The van der Waals surface area contributed by atoms with Gasteiger partial charge in [0.1, 0.15) is 6.04 Å². The van der Waals surface area contributed by atoms with Crippen LogP contribution >= 0.6 is 0 Å². The summed E-state index contributed by atoms with van der Waals surface area (Å²) in [6.45, 7) is 0.0604. The number of carbonyl (C=O) groups is 2. The Bertz CT molecular complexity index is 954. The zero-order valence-corrected chi connectivity index (χ0v) is 14.9. The maximum absolute atomic E-state index is 13.1. The van der Waals surface area contributed by atoms with Crippen molar-refractivity contribution in [1.82, 2.24) is 4.31 Å². The van der Waals surface area contributed by atoms with Gasteiger partial charge in [-0.05, 0) is 41.8 Å². The maximum atomic E-state index is 13.1. The number of rotatable bonds is 4. The number of amides is 1. The van der Waals surface area contributed by atoms with Crippen LogP contribution in [-0.2, 0) is 32.5 Å². The van der Waals surface area contributed by atoms with E-state index in [1.807, 2.05) is 24.3 Å². The number of hydrogen-bond donors (Lipinski definition) is 1. The van der Waals surface area contributed by atoms with Crippen molar-refractivity contribution < 1.29 is 22.7 Å². The molecule has 0 saturated heterocycles. The largest absolute Gasteiger partial charge is 0.465 e. The van der Waals surface area contributed by atoms with Gasteiger partial charge in [0.25, 0.3) is 0 Å². The highest BCUT2D eigenvalue weighted by Crippen LogP contribution is 2.29. The summed E-state index contributed by atoms with van der Waals surface area (Å²) in [5, 5.41) is 0. The van der Waals surface area contributed by atoms with Gasteiger partial charge in [-0.15, -0.1) is 0 Å². The summed E-state index contributed by atoms with van der Waals surface area (Å²) in [7, 11) is -2.72. The van der Waals surface area contributed by atoms with Crippen LogP contribution in [0, 0.1) is 0 Å². The molecule has 1 aliphatic heterocycles. The first-order valence-electron chi connectivity index (χ1n) is 7.91. The molecule has 3 rings (SSSR count). The molecule has 0 bridgehead atoms. The molecule has 1 amide bonds. The number of esters is 1. The third-order valence-electron chi connectivity index (χ3n) is 4.42. The monoisotopic (exact) mass is 374 g/mol. The number of benzene rings is 2. The standard InChI is InChI=1S/C18H18N2O5S/c1-25-18(22)12-6-8-15(9-7-12)26(23,24)20-11-14-5-3-2-4-13(14)10-16(20)17(19)21/h2-9,16H,10-11H2,1H3,(H2,19,21)/t16-/m1/s1. The summed E-state index contributed by atoms with van der Waals surface area (Å²) < 4.78 is 31.9. The first-order valence-corrected chi connectivity index (χ1v) is 9.35. The third kappa shape index (κ3) is 3.21. The number of hydrogen-bond acceptors (Lipinski definition) is 5. The second-order valence-electron chi connectivity index (χ2n) is 5.96. The Morgan fingerprint density at radius 2 is 1.69 bits per heavy atom. The summed E-state index contributed by atoms with van der Waals surface area (Å²) in [5.74, 6) is -1.26. The molecule has 1 heterocycles. The minimum Gasteiger partial charge on any atom is -0.465 e. The average Bonchev–Trinajstić information content (AvgIpc) is 2.66. The van der Waals surface area contributed by atoms with Gasteiger partial charge in [0, 0.05) is 6.54 Å². The van der Waals surface area contributed by atoms with E-state index in [-0.39, 0.29) is 23.4 Å². The molecule has 2 aromatic rings. The van der Waals surface area contributed by atoms with Crippen molar-refractivity contribution in [1.29, 1.82) is 0 Å². The van der Waals surface area contributed by atoms with Crippen LogP contribution in [0.4, 0.5) is 0 Å². The van der Waals surface area contributed by atoms with Gasteiger partial charge < -0.3 is 10.5 Å². The number of primary amides is 1. The lowest BCUT2D eigenvalue weighted by atomic mass is 9.96. The van der Waals surface area contributed by atoms with E-state index in [1.165, 1.54) is 31.4 Å². The molecule has 0 saturated carbocycles. The molecule has 136 valence electrons. The molecule has 0 spiro atoms. The Kier molecular flexibility index (Phi) is 4.80. The van der Waals surface area contributed by atoms with E-state index in [1.54, 1.807) is 0 Å². The predicted octanol–water partition coefficient (Wildman–Crippen LogP) is 1.07. The minimum atomic E-state index is -3.97. The molecule has 2 aromatic carbocycles. The molecule has 0 aliphatic carbocycles. The topological polar surface area (TPSA) is 107 Å². The predicted molar refractivity (Wildman–Crippen MR) is 93.6 cm³/mol. The van der Waals surface area contributed by atoms with Crippen LogP contribution < -0.4 is 5.73 Å². The first kappa shape index (κ1) is 18.1. The summed E-state index contributed by atoms with van der Waals surface area (Å²) in [5.41, 5.74) is 7.44. The highest BCUT2D eigenvalue weighted by atomic mass is 32.2. The second kappa shape index (κ2) is 6.89. The number of carbonyl (C=O) groups excluding carboxylic acids is 2. The molecular weight excluding hydrogens is 356 g/mol. The Balaban J connectivity index is 1.99. The Morgan fingerprint density at radius 1 is 1.08 bits per heavy atom. The van der Waals surface area contributed by atoms with E-state index < -0.39 is 27.9 Å². The number of nitrogens with zero attached hydrogens (tertiary/aromatic N) is 1. The highest BCUT2D eigenvalue weighted by molar-refractivity contribution is 7.89. The van der Waals surface area contributed by atoms with Crippen LogP contribution in [-0.4, -0.2) is 37.8 Å². The summed E-state index contributed by atoms with van der Waals surface area (Å²) in [6.07, 6.45) is 0.227. The van der Waals surface area contributed by atoms with E-state index >= 15 is 0 Å². The molecule has 7 nitrogen and oxygen atoms in total. The quantitative estimate of drug-likeness (QED) is 0.806. The van der Waals surface area contributed by atoms with Crippen LogP contribution in [0.3, 0.4) is 0 Å². The van der Waals surface area contributed by atoms with Crippen molar-refractivity contribution >= 4 is 21.9 Å². The molecule has 0 unspecified atom stereocenters. The van der Waals surface area contributed by atoms with Crippen molar-refractivity contribution in [2.24, 2.45) is 5.73 Å². The zero-order valence-electron chi connectivity index (χ0n) is 14.1. The Morgan fingerprint density at radius 3 is 2.27 bits per heavy atom. The average molecular weight is 374 g/mol. The van der Waals surface area contributed by atoms with Crippen LogP contribution in [0.25, 0.3) is 0 Å². The molecule has 8 heteroatoms. The van der Waals surface area contributed by atoms with E-state index in [9.17, 15) is 18.0 Å². The fourth-order valence-corrected chi connectivity index (χ4v) is 4.58. The van der Waals surface area contributed by atoms with Crippen LogP contribution in [0.1, 0.15) is 21.5 Å². The van der Waals surface area contributed by atoms with Gasteiger partial charge in [-0.25, -0.2) is 13.2 Å². The highest BCUT2D eigenvalue weighted by Gasteiger charge is 2.38. The van der Waals surface area contributed by atoms with Crippen molar-refractivity contribution in [3.05, 3.63) is 65.2 Å². The lowest BCUT2D eigenvalue weighted by Gasteiger charge is -2.34. The molecule has 26 heavy (non-hydrogen) atoms. The van der Waals surface area contributed by atoms with Gasteiger partial charge in [0.15, 0.2) is 0 Å². The van der Waals surface area contributed by atoms with Crippen molar-refractivity contribution in [2.75, 3.05) is 7.11 Å². The van der Waals surface area contributed by atoms with E-state index in [0.717, 1.165) is 15.4 Å². The summed E-state index contributed by atoms with van der Waals surface area (Å²) >= 11 is 0. The number of sulfonamides is 1. The van der Waals surface area contributed by atoms with Crippen molar-refractivity contribution in [3.63, 3.8) is 0 Å².